The van der Waals surface area contributed by atoms with Gasteiger partial charge in [0.05, 0.1) is 19.3 Å². The quantitative estimate of drug-likeness (QED) is 0.563. The summed E-state index contributed by atoms with van der Waals surface area (Å²) in [7, 11) is 0. The van der Waals surface area contributed by atoms with Crippen molar-refractivity contribution >= 4 is 23.0 Å². The van der Waals surface area contributed by atoms with Crippen molar-refractivity contribution in [2.24, 2.45) is 0 Å². The molecule has 176 valence electrons. The molecule has 1 fully saturated rings. The lowest BCUT2D eigenvalue weighted by molar-refractivity contribution is 0.0974. The summed E-state index contributed by atoms with van der Waals surface area (Å²) in [6.07, 6.45) is 0.589. The Bertz CT molecular complexity index is 1160. The van der Waals surface area contributed by atoms with Crippen molar-refractivity contribution in [1.29, 1.82) is 0 Å². The average Bonchev–Trinajstić information content (AvgIpc) is 2.86. The van der Waals surface area contributed by atoms with E-state index in [9.17, 15) is 13.6 Å². The third-order valence-electron chi connectivity index (χ3n) is 6.54. The molecule has 2 unspecified atom stereocenters. The van der Waals surface area contributed by atoms with E-state index >= 15 is 0 Å². The van der Waals surface area contributed by atoms with Gasteiger partial charge in [-0.1, -0.05) is 0 Å². The van der Waals surface area contributed by atoms with E-state index in [1.54, 1.807) is 23.1 Å². The number of rotatable bonds is 4. The van der Waals surface area contributed by atoms with Gasteiger partial charge < -0.3 is 19.9 Å². The van der Waals surface area contributed by atoms with Gasteiger partial charge in [-0.2, -0.15) is 0 Å². The molecule has 5 rings (SSSR count). The fraction of sp³-hybridized carbons (Fsp3) is 0.296. The first-order chi connectivity index (χ1) is 16.5. The molecule has 0 saturated carbocycles. The second-order valence-corrected chi connectivity index (χ2v) is 8.81. The molecule has 3 aromatic carbocycles. The van der Waals surface area contributed by atoms with E-state index in [2.05, 4.69) is 10.2 Å². The summed E-state index contributed by atoms with van der Waals surface area (Å²) in [6.45, 7) is 5.06. The fourth-order valence-corrected chi connectivity index (χ4v) is 4.80. The Labute approximate surface area is 197 Å². The highest BCUT2D eigenvalue weighted by atomic mass is 19.1. The molecule has 1 N–H and O–H groups in total. The largest absolute Gasteiger partial charge is 0.378 e. The van der Waals surface area contributed by atoms with Crippen LogP contribution in [-0.2, 0) is 4.74 Å². The number of carbonyl (C=O) groups excluding carboxylic acids is 1. The second-order valence-electron chi connectivity index (χ2n) is 8.81. The van der Waals surface area contributed by atoms with Gasteiger partial charge in [0, 0.05) is 47.3 Å². The van der Waals surface area contributed by atoms with Crippen molar-refractivity contribution in [2.75, 3.05) is 41.4 Å². The van der Waals surface area contributed by atoms with Gasteiger partial charge in [-0.05, 0) is 80.1 Å². The number of benzene rings is 3. The zero-order valence-electron chi connectivity index (χ0n) is 19.0. The Morgan fingerprint density at radius 1 is 0.941 bits per heavy atom. The summed E-state index contributed by atoms with van der Waals surface area (Å²) in [4.78, 5) is 17.6. The van der Waals surface area contributed by atoms with Crippen LogP contribution in [0.1, 0.15) is 35.3 Å². The third-order valence-corrected chi connectivity index (χ3v) is 6.54. The number of morpholine rings is 1. The molecule has 2 aliphatic heterocycles. The Balaban J connectivity index is 1.41. The Kier molecular flexibility index (Phi) is 6.20. The SMILES string of the molecule is CC1CC(Nc2ccc(F)cc2)c2cc(F)ccc2N1C(=O)c1ccc(N2CCOCC2)cc1. The standard InChI is InChI=1S/C27H27F2N3O2/c1-18-16-25(30-22-7-4-20(28)5-8-22)24-17-21(29)6-11-26(24)32(18)27(33)19-2-9-23(10-3-19)31-12-14-34-15-13-31/h2-11,17-18,25,30H,12-16H2,1H3. The maximum Gasteiger partial charge on any atom is 0.258 e. The Morgan fingerprint density at radius 2 is 1.62 bits per heavy atom. The predicted octanol–water partition coefficient (Wildman–Crippen LogP) is 5.39. The van der Waals surface area contributed by atoms with E-state index in [-0.39, 0.29) is 29.6 Å². The molecule has 0 aromatic heterocycles. The van der Waals surface area contributed by atoms with Gasteiger partial charge in [0.15, 0.2) is 0 Å². The number of hydrogen-bond donors (Lipinski definition) is 1. The minimum absolute atomic E-state index is 0.117. The highest BCUT2D eigenvalue weighted by Gasteiger charge is 2.34. The lowest BCUT2D eigenvalue weighted by Crippen LogP contribution is -2.44. The van der Waals surface area contributed by atoms with Crippen molar-refractivity contribution in [2.45, 2.75) is 25.4 Å². The molecule has 2 heterocycles. The van der Waals surface area contributed by atoms with E-state index in [1.165, 1.54) is 24.3 Å². The molecule has 7 heteroatoms. The van der Waals surface area contributed by atoms with Gasteiger partial charge in [0.1, 0.15) is 11.6 Å². The predicted molar refractivity (Wildman–Crippen MR) is 130 cm³/mol. The molecule has 2 atom stereocenters. The lowest BCUT2D eigenvalue weighted by atomic mass is 9.90. The van der Waals surface area contributed by atoms with Crippen LogP contribution in [0.5, 0.6) is 0 Å². The second kappa shape index (κ2) is 9.43. The van der Waals surface area contributed by atoms with Crippen LogP contribution < -0.4 is 15.1 Å². The monoisotopic (exact) mass is 463 g/mol. The van der Waals surface area contributed by atoms with E-state index in [4.69, 9.17) is 4.74 Å². The lowest BCUT2D eigenvalue weighted by Gasteiger charge is -2.40. The number of ether oxygens (including phenoxy) is 1. The summed E-state index contributed by atoms with van der Waals surface area (Å²) in [5.41, 5.74) is 3.79. The van der Waals surface area contributed by atoms with Crippen LogP contribution in [-0.4, -0.2) is 38.3 Å². The molecule has 1 amide bonds. The smallest absolute Gasteiger partial charge is 0.258 e. The number of anilines is 3. The number of nitrogens with zero attached hydrogens (tertiary/aromatic N) is 2. The topological polar surface area (TPSA) is 44.8 Å². The van der Waals surface area contributed by atoms with Crippen LogP contribution >= 0.6 is 0 Å². The number of fused-ring (bicyclic) bond motifs is 1. The molecule has 0 aliphatic carbocycles. The molecular formula is C27H27F2N3O2. The minimum Gasteiger partial charge on any atom is -0.378 e. The van der Waals surface area contributed by atoms with E-state index in [0.29, 0.717) is 36.4 Å². The van der Waals surface area contributed by atoms with Gasteiger partial charge >= 0.3 is 0 Å². The average molecular weight is 464 g/mol. The van der Waals surface area contributed by atoms with E-state index in [0.717, 1.165) is 24.5 Å². The zero-order valence-corrected chi connectivity index (χ0v) is 19.0. The molecule has 0 radical (unpaired) electrons. The number of hydrogen-bond acceptors (Lipinski definition) is 4. The van der Waals surface area contributed by atoms with Crippen molar-refractivity contribution < 1.29 is 18.3 Å². The van der Waals surface area contributed by atoms with E-state index < -0.39 is 0 Å². The molecule has 0 spiro atoms. The molecule has 0 bridgehead atoms. The molecular weight excluding hydrogens is 436 g/mol. The van der Waals surface area contributed by atoms with Gasteiger partial charge in [-0.25, -0.2) is 8.78 Å². The number of nitrogens with one attached hydrogen (secondary N) is 1. The molecule has 1 saturated heterocycles. The van der Waals surface area contributed by atoms with Crippen molar-refractivity contribution in [3.05, 3.63) is 89.5 Å². The van der Waals surface area contributed by atoms with Crippen LogP contribution in [0.2, 0.25) is 0 Å². The Hall–Kier alpha value is -3.45. The van der Waals surface area contributed by atoms with Gasteiger partial charge in [0.25, 0.3) is 5.91 Å². The first-order valence-electron chi connectivity index (χ1n) is 11.6. The summed E-state index contributed by atoms with van der Waals surface area (Å²) < 4.78 is 33.0. The zero-order chi connectivity index (χ0) is 23.7. The Morgan fingerprint density at radius 3 is 2.32 bits per heavy atom. The van der Waals surface area contributed by atoms with Gasteiger partial charge in [-0.15, -0.1) is 0 Å². The summed E-state index contributed by atoms with van der Waals surface area (Å²) in [5.74, 6) is -0.791. The van der Waals surface area contributed by atoms with Crippen LogP contribution in [0.25, 0.3) is 0 Å². The maximum absolute atomic E-state index is 14.2. The van der Waals surface area contributed by atoms with Crippen LogP contribution in [0.4, 0.5) is 25.8 Å². The summed E-state index contributed by atoms with van der Waals surface area (Å²) in [6, 6.07) is 17.9. The molecule has 5 nitrogen and oxygen atoms in total. The highest BCUT2D eigenvalue weighted by molar-refractivity contribution is 6.07. The van der Waals surface area contributed by atoms with Crippen molar-refractivity contribution in [3.8, 4) is 0 Å². The van der Waals surface area contributed by atoms with Gasteiger partial charge in [-0.3, -0.25) is 4.79 Å². The number of amides is 1. The maximum atomic E-state index is 14.2. The molecule has 34 heavy (non-hydrogen) atoms. The van der Waals surface area contributed by atoms with Crippen molar-refractivity contribution in [1.82, 2.24) is 0 Å². The van der Waals surface area contributed by atoms with E-state index in [1.807, 2.05) is 31.2 Å². The number of carbonyl (C=O) groups is 1. The minimum atomic E-state index is -0.360. The first-order valence-corrected chi connectivity index (χ1v) is 11.6. The molecule has 2 aliphatic rings. The van der Waals surface area contributed by atoms with Crippen molar-refractivity contribution in [3.63, 3.8) is 0 Å². The van der Waals surface area contributed by atoms with Crippen LogP contribution in [0.15, 0.2) is 66.7 Å². The fourth-order valence-electron chi connectivity index (χ4n) is 4.80. The summed E-state index contributed by atoms with van der Waals surface area (Å²) >= 11 is 0. The number of halogens is 2. The molecule has 3 aromatic rings. The summed E-state index contributed by atoms with van der Waals surface area (Å²) in [5, 5.41) is 3.38. The first kappa shape index (κ1) is 22.3. The van der Waals surface area contributed by atoms with Crippen LogP contribution in [0.3, 0.4) is 0 Å². The third kappa shape index (κ3) is 4.48. The van der Waals surface area contributed by atoms with Crippen LogP contribution in [0, 0.1) is 11.6 Å². The highest BCUT2D eigenvalue weighted by Crippen LogP contribution is 2.40. The van der Waals surface area contributed by atoms with Gasteiger partial charge in [0.2, 0.25) is 0 Å². The normalized spacial score (nSPS) is 20.1.